The Kier molecular flexibility index (Phi) is 3.50. The Morgan fingerprint density at radius 1 is 1.53 bits per heavy atom. The predicted octanol–water partition coefficient (Wildman–Crippen LogP) is 0.289. The normalized spacial score (nSPS) is 16.4. The maximum absolute atomic E-state index is 12.0. The van der Waals surface area contributed by atoms with Crippen molar-refractivity contribution in [2.45, 2.75) is 37.7 Å². The Balaban J connectivity index is 2.09. The van der Waals surface area contributed by atoms with Crippen molar-refractivity contribution in [2.75, 3.05) is 6.54 Å². The van der Waals surface area contributed by atoms with E-state index < -0.39 is 10.0 Å². The van der Waals surface area contributed by atoms with Gasteiger partial charge in [0.05, 0.1) is 12.3 Å². The average Bonchev–Trinajstić information content (AvgIpc) is 2.99. The number of sulfonamides is 1. The fraction of sp³-hybridized carbons (Fsp3) is 0.700. The summed E-state index contributed by atoms with van der Waals surface area (Å²) in [6.45, 7) is 1.69. The van der Waals surface area contributed by atoms with E-state index in [1.165, 1.54) is 12.8 Å². The Hall–Kier alpha value is -0.920. The van der Waals surface area contributed by atoms with Crippen LogP contribution in [0.1, 0.15) is 30.7 Å². The van der Waals surface area contributed by atoms with Crippen LogP contribution in [0.3, 0.4) is 0 Å². The van der Waals surface area contributed by atoms with Crippen molar-refractivity contribution in [1.82, 2.24) is 14.9 Å². The number of aliphatic hydroxyl groups is 1. The molecule has 0 radical (unpaired) electrons. The highest BCUT2D eigenvalue weighted by atomic mass is 32.2. The van der Waals surface area contributed by atoms with E-state index >= 15 is 0 Å². The van der Waals surface area contributed by atoms with Crippen molar-refractivity contribution in [3.8, 4) is 0 Å². The summed E-state index contributed by atoms with van der Waals surface area (Å²) in [7, 11) is -3.56. The summed E-state index contributed by atoms with van der Waals surface area (Å²) in [6.07, 6.45) is 3.29. The molecule has 0 amide bonds. The third-order valence-corrected chi connectivity index (χ3v) is 4.58. The number of nitrogens with one attached hydrogen (secondary N) is 2. The molecular weight excluding hydrogens is 242 g/mol. The number of hydrogen-bond acceptors (Lipinski definition) is 4. The van der Waals surface area contributed by atoms with Crippen molar-refractivity contribution in [3.05, 3.63) is 11.4 Å². The molecule has 1 aromatic rings. The molecule has 1 aliphatic carbocycles. The Morgan fingerprint density at radius 3 is 2.82 bits per heavy atom. The minimum absolute atomic E-state index is 0.0794. The van der Waals surface area contributed by atoms with Crippen molar-refractivity contribution < 1.29 is 13.5 Å². The first-order valence-corrected chi connectivity index (χ1v) is 7.17. The lowest BCUT2D eigenvalue weighted by molar-refractivity contribution is 0.273. The molecule has 2 rings (SSSR count). The summed E-state index contributed by atoms with van der Waals surface area (Å²) in [5.41, 5.74) is 0.620. The van der Waals surface area contributed by atoms with Crippen LogP contribution in [-0.2, 0) is 16.6 Å². The molecule has 0 aliphatic heterocycles. The summed E-state index contributed by atoms with van der Waals surface area (Å²) >= 11 is 0. The maximum Gasteiger partial charge on any atom is 0.244 e. The number of rotatable bonds is 6. The van der Waals surface area contributed by atoms with Gasteiger partial charge >= 0.3 is 0 Å². The van der Waals surface area contributed by atoms with Gasteiger partial charge in [0.25, 0.3) is 0 Å². The zero-order valence-electron chi connectivity index (χ0n) is 9.73. The van der Waals surface area contributed by atoms with Crippen LogP contribution >= 0.6 is 0 Å². The summed E-state index contributed by atoms with van der Waals surface area (Å²) in [4.78, 5) is 0.0794. The molecule has 17 heavy (non-hydrogen) atoms. The van der Waals surface area contributed by atoms with Crippen LogP contribution in [0.5, 0.6) is 0 Å². The monoisotopic (exact) mass is 259 g/mol. The first kappa shape index (κ1) is 12.5. The summed E-state index contributed by atoms with van der Waals surface area (Å²) in [5.74, 6) is 0.681. The maximum atomic E-state index is 12.0. The van der Waals surface area contributed by atoms with E-state index in [9.17, 15) is 8.42 Å². The predicted molar refractivity (Wildman–Crippen MR) is 61.8 cm³/mol. The smallest absolute Gasteiger partial charge is 0.244 e. The third-order valence-electron chi connectivity index (χ3n) is 2.92. The van der Waals surface area contributed by atoms with Gasteiger partial charge in [0.2, 0.25) is 10.0 Å². The van der Waals surface area contributed by atoms with Crippen LogP contribution in [0, 0.1) is 12.8 Å². The van der Waals surface area contributed by atoms with Crippen LogP contribution in [-0.4, -0.2) is 30.3 Å². The summed E-state index contributed by atoms with van der Waals surface area (Å²) in [5, 5.41) is 15.4. The van der Waals surface area contributed by atoms with E-state index in [0.29, 0.717) is 18.2 Å². The molecule has 0 unspecified atom stereocenters. The zero-order chi connectivity index (χ0) is 12.5. The molecule has 0 spiro atoms. The second kappa shape index (κ2) is 4.75. The van der Waals surface area contributed by atoms with Crippen LogP contribution in [0.4, 0.5) is 0 Å². The fourth-order valence-electron chi connectivity index (χ4n) is 1.81. The highest BCUT2D eigenvalue weighted by Crippen LogP contribution is 2.31. The van der Waals surface area contributed by atoms with Crippen molar-refractivity contribution in [3.63, 3.8) is 0 Å². The number of nitrogens with zero attached hydrogens (tertiary/aromatic N) is 1. The number of aliphatic hydroxyl groups excluding tert-OH is 1. The summed E-state index contributed by atoms with van der Waals surface area (Å²) < 4.78 is 26.6. The van der Waals surface area contributed by atoms with E-state index in [0.717, 1.165) is 6.42 Å². The van der Waals surface area contributed by atoms with Crippen molar-refractivity contribution >= 4 is 10.0 Å². The second-order valence-corrected chi connectivity index (χ2v) is 6.12. The topological polar surface area (TPSA) is 95.1 Å². The molecule has 6 nitrogen and oxygen atoms in total. The molecule has 0 atom stereocenters. The van der Waals surface area contributed by atoms with E-state index in [1.54, 1.807) is 6.92 Å². The van der Waals surface area contributed by atoms with Gasteiger partial charge in [0.15, 0.2) is 0 Å². The average molecular weight is 259 g/mol. The van der Waals surface area contributed by atoms with Gasteiger partial charge in [-0.2, -0.15) is 5.10 Å². The number of aromatic nitrogens is 2. The molecule has 0 bridgehead atoms. The van der Waals surface area contributed by atoms with Crippen LogP contribution < -0.4 is 4.72 Å². The molecule has 0 saturated heterocycles. The van der Waals surface area contributed by atoms with Crippen LogP contribution in [0.25, 0.3) is 0 Å². The minimum Gasteiger partial charge on any atom is -0.390 e. The molecule has 1 aliphatic rings. The standard InChI is InChI=1S/C10H17N3O3S/c1-7-10(9(6-14)13-12-7)17(15,16)11-5-4-8-2-3-8/h8,11,14H,2-6H2,1H3,(H,12,13). The van der Waals surface area contributed by atoms with Gasteiger partial charge < -0.3 is 5.11 Å². The van der Waals surface area contributed by atoms with E-state index in [-0.39, 0.29) is 17.2 Å². The number of hydrogen-bond donors (Lipinski definition) is 3. The zero-order valence-corrected chi connectivity index (χ0v) is 10.5. The first-order chi connectivity index (χ1) is 8.04. The van der Waals surface area contributed by atoms with E-state index in [2.05, 4.69) is 14.9 Å². The van der Waals surface area contributed by atoms with Gasteiger partial charge in [-0.1, -0.05) is 12.8 Å². The molecule has 1 fully saturated rings. The number of aryl methyl sites for hydroxylation is 1. The highest BCUT2D eigenvalue weighted by Gasteiger charge is 2.25. The molecular formula is C10H17N3O3S. The van der Waals surface area contributed by atoms with Crippen molar-refractivity contribution in [1.29, 1.82) is 0 Å². The van der Waals surface area contributed by atoms with Gasteiger partial charge in [-0.05, 0) is 19.3 Å². The molecule has 96 valence electrons. The largest absolute Gasteiger partial charge is 0.390 e. The molecule has 1 saturated carbocycles. The quantitative estimate of drug-likeness (QED) is 0.684. The summed E-state index contributed by atoms with van der Waals surface area (Å²) in [6, 6.07) is 0. The molecule has 1 heterocycles. The van der Waals surface area contributed by atoms with Gasteiger partial charge in [0.1, 0.15) is 10.6 Å². The second-order valence-electron chi connectivity index (χ2n) is 4.41. The lowest BCUT2D eigenvalue weighted by Gasteiger charge is -2.06. The molecule has 3 N–H and O–H groups in total. The SMILES string of the molecule is Cc1[nH]nc(CO)c1S(=O)(=O)NCCC1CC1. The van der Waals surface area contributed by atoms with E-state index in [4.69, 9.17) is 5.11 Å². The Morgan fingerprint density at radius 2 is 2.24 bits per heavy atom. The molecule has 7 heteroatoms. The Bertz CT molecular complexity index is 491. The lowest BCUT2D eigenvalue weighted by Crippen LogP contribution is -2.26. The van der Waals surface area contributed by atoms with Gasteiger partial charge in [-0.3, -0.25) is 5.10 Å². The fourth-order valence-corrected chi connectivity index (χ4v) is 3.21. The van der Waals surface area contributed by atoms with Gasteiger partial charge in [-0.25, -0.2) is 13.1 Å². The number of aromatic amines is 1. The minimum atomic E-state index is -3.56. The lowest BCUT2D eigenvalue weighted by atomic mass is 10.3. The first-order valence-electron chi connectivity index (χ1n) is 5.69. The van der Waals surface area contributed by atoms with Gasteiger partial charge in [0, 0.05) is 6.54 Å². The van der Waals surface area contributed by atoms with E-state index in [1.807, 2.05) is 0 Å². The van der Waals surface area contributed by atoms with Crippen molar-refractivity contribution in [2.24, 2.45) is 5.92 Å². The highest BCUT2D eigenvalue weighted by molar-refractivity contribution is 7.89. The molecule has 0 aromatic carbocycles. The number of H-pyrrole nitrogens is 1. The molecule has 1 aromatic heterocycles. The van der Waals surface area contributed by atoms with Crippen LogP contribution in [0.2, 0.25) is 0 Å². The van der Waals surface area contributed by atoms with Crippen LogP contribution in [0.15, 0.2) is 4.90 Å². The Labute approximate surface area is 100 Å². The third kappa shape index (κ3) is 2.85. The van der Waals surface area contributed by atoms with Gasteiger partial charge in [-0.15, -0.1) is 0 Å².